The third-order valence-corrected chi connectivity index (χ3v) is 4.01. The van der Waals surface area contributed by atoms with Gasteiger partial charge in [0.15, 0.2) is 12.4 Å². The van der Waals surface area contributed by atoms with Gasteiger partial charge < -0.3 is 14.6 Å². The van der Waals surface area contributed by atoms with Crippen molar-refractivity contribution in [2.24, 2.45) is 0 Å². The minimum Gasteiger partial charge on any atom is -0.477 e. The van der Waals surface area contributed by atoms with Gasteiger partial charge >= 0.3 is 5.69 Å². The van der Waals surface area contributed by atoms with Crippen LogP contribution in [0.3, 0.4) is 0 Å². The fraction of sp³-hybridized carbons (Fsp3) is 0.158. The molecule has 0 fully saturated rings. The van der Waals surface area contributed by atoms with E-state index in [1.54, 1.807) is 42.1 Å². The predicted molar refractivity (Wildman–Crippen MR) is 98.7 cm³/mol. The Morgan fingerprint density at radius 1 is 1.32 bits per heavy atom. The van der Waals surface area contributed by atoms with Crippen LogP contribution >= 0.6 is 0 Å². The van der Waals surface area contributed by atoms with Gasteiger partial charge in [-0.2, -0.15) is 0 Å². The lowest BCUT2D eigenvalue weighted by molar-refractivity contribution is -0.385. The van der Waals surface area contributed by atoms with Crippen LogP contribution < -0.4 is 10.1 Å². The van der Waals surface area contributed by atoms with E-state index in [9.17, 15) is 19.3 Å². The molecule has 1 N–H and O–H groups in total. The quantitative estimate of drug-likeness (QED) is 0.499. The molecule has 0 aliphatic carbocycles. The van der Waals surface area contributed by atoms with Crippen molar-refractivity contribution in [1.82, 2.24) is 14.9 Å². The maximum atomic E-state index is 14.4. The molecule has 0 saturated heterocycles. The number of rotatable bonds is 7. The molecule has 8 nitrogen and oxygen atoms in total. The van der Waals surface area contributed by atoms with Gasteiger partial charge in [0.25, 0.3) is 5.91 Å². The summed E-state index contributed by atoms with van der Waals surface area (Å²) in [5, 5.41) is 13.5. The highest BCUT2D eigenvalue weighted by molar-refractivity contribution is 5.77. The molecule has 3 aromatic rings. The Balaban J connectivity index is 1.57. The van der Waals surface area contributed by atoms with Gasteiger partial charge in [0, 0.05) is 25.0 Å². The molecule has 0 radical (unpaired) electrons. The van der Waals surface area contributed by atoms with Crippen LogP contribution in [0.15, 0.2) is 54.9 Å². The maximum absolute atomic E-state index is 14.4. The first-order valence-electron chi connectivity index (χ1n) is 8.37. The van der Waals surface area contributed by atoms with Gasteiger partial charge in [0.05, 0.1) is 10.6 Å². The lowest BCUT2D eigenvalue weighted by atomic mass is 10.2. The highest BCUT2D eigenvalue weighted by Gasteiger charge is 2.15. The molecule has 0 bridgehead atoms. The summed E-state index contributed by atoms with van der Waals surface area (Å²) in [6.07, 6.45) is 3.25. The number of halogens is 1. The van der Waals surface area contributed by atoms with Gasteiger partial charge in [0.2, 0.25) is 0 Å². The van der Waals surface area contributed by atoms with E-state index in [0.717, 1.165) is 0 Å². The number of amides is 1. The van der Waals surface area contributed by atoms with Crippen LogP contribution in [-0.4, -0.2) is 27.0 Å². The zero-order valence-corrected chi connectivity index (χ0v) is 15.0. The number of hydrogen-bond donors (Lipinski definition) is 1. The second-order valence-corrected chi connectivity index (χ2v) is 5.92. The summed E-state index contributed by atoms with van der Waals surface area (Å²) in [6, 6.07) is 10.4. The SMILES string of the molecule is Cc1nccn1-c1ccc(CNC(=O)COc2ccccc2[N+](=O)[O-])cc1F. The van der Waals surface area contributed by atoms with Crippen molar-refractivity contribution in [3.63, 3.8) is 0 Å². The van der Waals surface area contributed by atoms with Crippen molar-refractivity contribution in [3.8, 4) is 11.4 Å². The van der Waals surface area contributed by atoms with Gasteiger partial charge in [-0.1, -0.05) is 18.2 Å². The molecule has 1 amide bonds. The number of nitro groups is 1. The average Bonchev–Trinajstić information content (AvgIpc) is 3.10. The lowest BCUT2D eigenvalue weighted by Gasteiger charge is -2.10. The largest absolute Gasteiger partial charge is 0.477 e. The van der Waals surface area contributed by atoms with Gasteiger partial charge in [-0.05, 0) is 30.7 Å². The van der Waals surface area contributed by atoms with E-state index < -0.39 is 16.6 Å². The minimum absolute atomic E-state index is 0.00810. The zero-order chi connectivity index (χ0) is 20.1. The number of nitrogens with one attached hydrogen (secondary N) is 1. The van der Waals surface area contributed by atoms with Crippen molar-refractivity contribution in [3.05, 3.63) is 82.2 Å². The van der Waals surface area contributed by atoms with Crippen molar-refractivity contribution in [1.29, 1.82) is 0 Å². The molecule has 0 unspecified atom stereocenters. The number of nitrogens with zero attached hydrogens (tertiary/aromatic N) is 3. The van der Waals surface area contributed by atoms with E-state index in [4.69, 9.17) is 4.74 Å². The number of aryl methyl sites for hydroxylation is 1. The van der Waals surface area contributed by atoms with Crippen LogP contribution in [0.4, 0.5) is 10.1 Å². The highest BCUT2D eigenvalue weighted by Crippen LogP contribution is 2.25. The fourth-order valence-electron chi connectivity index (χ4n) is 2.61. The van der Waals surface area contributed by atoms with Crippen LogP contribution in [0.1, 0.15) is 11.4 Å². The third kappa shape index (κ3) is 4.32. The van der Waals surface area contributed by atoms with Gasteiger partial charge in [-0.3, -0.25) is 14.9 Å². The molecule has 3 rings (SSSR count). The Kier molecular flexibility index (Phi) is 5.64. The zero-order valence-electron chi connectivity index (χ0n) is 15.0. The number of carbonyl (C=O) groups is 1. The summed E-state index contributed by atoms with van der Waals surface area (Å²) in [6.45, 7) is 1.48. The van der Waals surface area contributed by atoms with Crippen molar-refractivity contribution in [2.45, 2.75) is 13.5 Å². The number of hydrogen-bond acceptors (Lipinski definition) is 5. The van der Waals surface area contributed by atoms with Crippen molar-refractivity contribution >= 4 is 11.6 Å². The Bertz CT molecular complexity index is 1020. The second-order valence-electron chi connectivity index (χ2n) is 5.92. The number of aromatic nitrogens is 2. The summed E-state index contributed by atoms with van der Waals surface area (Å²) in [5.41, 5.74) is 0.714. The standard InChI is InChI=1S/C19H17FN4O4/c1-13-21-8-9-23(13)16-7-6-14(10-15(16)20)11-22-19(25)12-28-18-5-3-2-4-17(18)24(26)27/h2-10H,11-12H2,1H3,(H,22,25). The molecule has 0 atom stereocenters. The first-order chi connectivity index (χ1) is 13.5. The van der Waals surface area contributed by atoms with Gasteiger partial charge in [-0.15, -0.1) is 0 Å². The molecule has 0 spiro atoms. The fourth-order valence-corrected chi connectivity index (χ4v) is 2.61. The molecule has 9 heteroatoms. The van der Waals surface area contributed by atoms with Crippen LogP contribution in [0, 0.1) is 22.9 Å². The van der Waals surface area contributed by atoms with Gasteiger partial charge in [-0.25, -0.2) is 9.37 Å². The van der Waals surface area contributed by atoms with Gasteiger partial charge in [0.1, 0.15) is 11.6 Å². The number of ether oxygens (including phenoxy) is 1. The second kappa shape index (κ2) is 8.30. The Labute approximate surface area is 159 Å². The highest BCUT2D eigenvalue weighted by atomic mass is 19.1. The van der Waals surface area contributed by atoms with E-state index in [-0.39, 0.29) is 24.6 Å². The van der Waals surface area contributed by atoms with E-state index in [1.807, 2.05) is 0 Å². The molecular formula is C19H17FN4O4. The van der Waals surface area contributed by atoms with Crippen LogP contribution in [-0.2, 0) is 11.3 Å². The van der Waals surface area contributed by atoms with Crippen LogP contribution in [0.2, 0.25) is 0 Å². The Morgan fingerprint density at radius 2 is 2.11 bits per heavy atom. The molecule has 1 aromatic heterocycles. The topological polar surface area (TPSA) is 99.3 Å². The Hall–Kier alpha value is -3.75. The smallest absolute Gasteiger partial charge is 0.310 e. The summed E-state index contributed by atoms with van der Waals surface area (Å²) in [4.78, 5) is 26.3. The number of benzene rings is 2. The van der Waals surface area contributed by atoms with E-state index in [1.165, 1.54) is 24.3 Å². The van der Waals surface area contributed by atoms with Crippen molar-refractivity contribution < 1.29 is 18.8 Å². The molecule has 2 aromatic carbocycles. The number of nitro benzene ring substituents is 1. The molecular weight excluding hydrogens is 367 g/mol. The monoisotopic (exact) mass is 384 g/mol. The van der Waals surface area contributed by atoms with E-state index in [2.05, 4.69) is 10.3 Å². The number of carbonyl (C=O) groups excluding carboxylic acids is 1. The normalized spacial score (nSPS) is 10.5. The maximum Gasteiger partial charge on any atom is 0.310 e. The summed E-state index contributed by atoms with van der Waals surface area (Å²) in [7, 11) is 0. The van der Waals surface area contributed by atoms with E-state index >= 15 is 0 Å². The molecule has 0 aliphatic rings. The molecule has 0 saturated carbocycles. The lowest BCUT2D eigenvalue weighted by Crippen LogP contribution is -2.28. The van der Waals surface area contributed by atoms with E-state index in [0.29, 0.717) is 17.1 Å². The molecule has 1 heterocycles. The molecule has 144 valence electrons. The molecule has 0 aliphatic heterocycles. The van der Waals surface area contributed by atoms with Crippen molar-refractivity contribution in [2.75, 3.05) is 6.61 Å². The third-order valence-electron chi connectivity index (χ3n) is 4.01. The van der Waals surface area contributed by atoms with Crippen LogP contribution in [0.25, 0.3) is 5.69 Å². The number of para-hydroxylation sites is 2. The first kappa shape index (κ1) is 19.0. The van der Waals surface area contributed by atoms with Crippen LogP contribution in [0.5, 0.6) is 5.75 Å². The first-order valence-corrected chi connectivity index (χ1v) is 8.37. The predicted octanol–water partition coefficient (Wildman–Crippen LogP) is 2.92. The number of imidazole rings is 1. The average molecular weight is 384 g/mol. The minimum atomic E-state index is -0.584. The summed E-state index contributed by atoms with van der Waals surface area (Å²) < 4.78 is 21.2. The summed E-state index contributed by atoms with van der Waals surface area (Å²) in [5.74, 6) is -0.252. The Morgan fingerprint density at radius 3 is 2.79 bits per heavy atom. The summed E-state index contributed by atoms with van der Waals surface area (Å²) >= 11 is 0. The molecule has 28 heavy (non-hydrogen) atoms.